The minimum absolute atomic E-state index is 0.218. The Morgan fingerprint density at radius 3 is 2.50 bits per heavy atom. The van der Waals surface area contributed by atoms with Crippen molar-refractivity contribution in [1.82, 2.24) is 5.32 Å². The van der Waals surface area contributed by atoms with Crippen molar-refractivity contribution < 1.29 is 4.74 Å². The molecule has 1 aromatic heterocycles. The SMILES string of the molecule is CNC(CSc1cccs1)c1ccc(OC(C)C)cc1. The van der Waals surface area contributed by atoms with E-state index >= 15 is 0 Å². The van der Waals surface area contributed by atoms with Gasteiger partial charge in [0.2, 0.25) is 0 Å². The average molecular weight is 307 g/mol. The quantitative estimate of drug-likeness (QED) is 0.756. The van der Waals surface area contributed by atoms with E-state index in [4.69, 9.17) is 4.74 Å². The second-order valence-electron chi connectivity index (χ2n) is 4.82. The molecule has 2 rings (SSSR count). The molecule has 0 aliphatic rings. The molecule has 0 saturated carbocycles. The van der Waals surface area contributed by atoms with Crippen molar-refractivity contribution in [2.45, 2.75) is 30.2 Å². The number of hydrogen-bond donors (Lipinski definition) is 1. The zero-order chi connectivity index (χ0) is 14.4. The Morgan fingerprint density at radius 2 is 1.95 bits per heavy atom. The molecule has 20 heavy (non-hydrogen) atoms. The van der Waals surface area contributed by atoms with Gasteiger partial charge < -0.3 is 10.1 Å². The Balaban J connectivity index is 1.96. The van der Waals surface area contributed by atoms with Gasteiger partial charge in [0.1, 0.15) is 5.75 Å². The third-order valence-electron chi connectivity index (χ3n) is 2.89. The summed E-state index contributed by atoms with van der Waals surface area (Å²) >= 11 is 3.69. The van der Waals surface area contributed by atoms with E-state index in [0.29, 0.717) is 6.04 Å². The predicted molar refractivity (Wildman–Crippen MR) is 89.0 cm³/mol. The second kappa shape index (κ2) is 7.72. The normalized spacial score (nSPS) is 12.6. The monoisotopic (exact) mass is 307 g/mol. The van der Waals surface area contributed by atoms with Crippen LogP contribution in [0.4, 0.5) is 0 Å². The van der Waals surface area contributed by atoms with Gasteiger partial charge in [0, 0.05) is 11.8 Å². The first-order valence-electron chi connectivity index (χ1n) is 6.79. The van der Waals surface area contributed by atoms with Crippen LogP contribution in [0.2, 0.25) is 0 Å². The topological polar surface area (TPSA) is 21.3 Å². The fraction of sp³-hybridized carbons (Fsp3) is 0.375. The third kappa shape index (κ3) is 4.54. The zero-order valence-electron chi connectivity index (χ0n) is 12.1. The standard InChI is InChI=1S/C16H21NOS2/c1-12(2)18-14-8-6-13(7-9-14)15(17-3)11-20-16-5-4-10-19-16/h4-10,12,15,17H,11H2,1-3H3. The molecule has 0 amide bonds. The molecular formula is C16H21NOS2. The zero-order valence-corrected chi connectivity index (χ0v) is 13.8. The Kier molecular flexibility index (Phi) is 5.95. The van der Waals surface area contributed by atoms with E-state index in [2.05, 4.69) is 47.1 Å². The lowest BCUT2D eigenvalue weighted by atomic mass is 10.1. The molecule has 1 N–H and O–H groups in total. The van der Waals surface area contributed by atoms with E-state index < -0.39 is 0 Å². The maximum Gasteiger partial charge on any atom is 0.119 e. The van der Waals surface area contributed by atoms with E-state index in [-0.39, 0.29) is 6.10 Å². The summed E-state index contributed by atoms with van der Waals surface area (Å²) in [4.78, 5) is 0. The molecule has 0 aliphatic carbocycles. The summed E-state index contributed by atoms with van der Waals surface area (Å²) in [5, 5.41) is 5.50. The van der Waals surface area contributed by atoms with Gasteiger partial charge in [-0.05, 0) is 50.0 Å². The average Bonchev–Trinajstić information content (AvgIpc) is 2.94. The van der Waals surface area contributed by atoms with Crippen molar-refractivity contribution in [3.63, 3.8) is 0 Å². The van der Waals surface area contributed by atoms with Crippen molar-refractivity contribution in [2.75, 3.05) is 12.8 Å². The number of rotatable bonds is 7. The predicted octanol–water partition coefficient (Wildman–Crippen LogP) is 4.59. The van der Waals surface area contributed by atoms with Crippen LogP contribution in [-0.4, -0.2) is 18.9 Å². The van der Waals surface area contributed by atoms with Gasteiger partial charge >= 0.3 is 0 Å². The van der Waals surface area contributed by atoms with Gasteiger partial charge in [0.15, 0.2) is 0 Å². The van der Waals surface area contributed by atoms with Crippen LogP contribution in [0.3, 0.4) is 0 Å². The van der Waals surface area contributed by atoms with Crippen molar-refractivity contribution >= 4 is 23.1 Å². The highest BCUT2D eigenvalue weighted by Crippen LogP contribution is 2.28. The number of ether oxygens (including phenoxy) is 1. The maximum atomic E-state index is 5.68. The number of thiophene rings is 1. The summed E-state index contributed by atoms with van der Waals surface area (Å²) < 4.78 is 7.04. The molecule has 4 heteroatoms. The van der Waals surface area contributed by atoms with E-state index in [9.17, 15) is 0 Å². The van der Waals surface area contributed by atoms with Crippen LogP contribution in [-0.2, 0) is 0 Å². The molecule has 1 heterocycles. The van der Waals surface area contributed by atoms with Crippen molar-refractivity contribution in [3.05, 3.63) is 47.3 Å². The first kappa shape index (κ1) is 15.4. The molecule has 0 radical (unpaired) electrons. The highest BCUT2D eigenvalue weighted by molar-refractivity contribution is 8.01. The van der Waals surface area contributed by atoms with E-state index in [1.165, 1.54) is 9.77 Å². The molecule has 1 atom stereocenters. The molecule has 0 bridgehead atoms. The van der Waals surface area contributed by atoms with Crippen LogP contribution in [0.5, 0.6) is 5.75 Å². The number of benzene rings is 1. The third-order valence-corrected chi connectivity index (χ3v) is 5.11. The largest absolute Gasteiger partial charge is 0.491 e. The molecule has 2 nitrogen and oxygen atoms in total. The Bertz CT molecular complexity index is 494. The lowest BCUT2D eigenvalue weighted by Gasteiger charge is -2.17. The minimum Gasteiger partial charge on any atom is -0.491 e. The minimum atomic E-state index is 0.218. The molecule has 0 aliphatic heterocycles. The van der Waals surface area contributed by atoms with Gasteiger partial charge in [0.25, 0.3) is 0 Å². The second-order valence-corrected chi connectivity index (χ2v) is 7.09. The molecule has 0 fully saturated rings. The van der Waals surface area contributed by atoms with Gasteiger partial charge in [-0.1, -0.05) is 18.2 Å². The van der Waals surface area contributed by atoms with Crippen LogP contribution < -0.4 is 10.1 Å². The highest BCUT2D eigenvalue weighted by atomic mass is 32.2. The number of thioether (sulfide) groups is 1. The van der Waals surface area contributed by atoms with Crippen LogP contribution in [0.25, 0.3) is 0 Å². The van der Waals surface area contributed by atoms with Crippen LogP contribution in [0.1, 0.15) is 25.5 Å². The summed E-state index contributed by atoms with van der Waals surface area (Å²) in [5.74, 6) is 1.96. The highest BCUT2D eigenvalue weighted by Gasteiger charge is 2.10. The number of nitrogens with one attached hydrogen (secondary N) is 1. The van der Waals surface area contributed by atoms with Gasteiger partial charge in [-0.15, -0.1) is 23.1 Å². The lowest BCUT2D eigenvalue weighted by Crippen LogP contribution is -2.18. The molecule has 0 saturated heterocycles. The van der Waals surface area contributed by atoms with E-state index in [1.54, 1.807) is 11.3 Å². The van der Waals surface area contributed by atoms with Gasteiger partial charge in [-0.2, -0.15) is 0 Å². The maximum absolute atomic E-state index is 5.68. The Hall–Kier alpha value is -0.970. The summed E-state index contributed by atoms with van der Waals surface area (Å²) in [6.45, 7) is 4.09. The molecular weight excluding hydrogens is 286 g/mol. The summed E-state index contributed by atoms with van der Waals surface area (Å²) in [6.07, 6.45) is 0.218. The molecule has 1 unspecified atom stereocenters. The van der Waals surface area contributed by atoms with E-state index in [1.807, 2.05) is 32.7 Å². The smallest absolute Gasteiger partial charge is 0.119 e. The summed E-state index contributed by atoms with van der Waals surface area (Å²) in [7, 11) is 2.01. The lowest BCUT2D eigenvalue weighted by molar-refractivity contribution is 0.242. The van der Waals surface area contributed by atoms with E-state index in [0.717, 1.165) is 11.5 Å². The van der Waals surface area contributed by atoms with Crippen molar-refractivity contribution in [2.24, 2.45) is 0 Å². The van der Waals surface area contributed by atoms with Crippen LogP contribution in [0.15, 0.2) is 46.0 Å². The Morgan fingerprint density at radius 1 is 1.20 bits per heavy atom. The van der Waals surface area contributed by atoms with Gasteiger partial charge in [-0.25, -0.2) is 0 Å². The van der Waals surface area contributed by atoms with Gasteiger partial charge in [-0.3, -0.25) is 0 Å². The van der Waals surface area contributed by atoms with Crippen LogP contribution >= 0.6 is 23.1 Å². The summed E-state index contributed by atoms with van der Waals surface area (Å²) in [5.41, 5.74) is 1.30. The molecule has 2 aromatic rings. The number of hydrogen-bond acceptors (Lipinski definition) is 4. The fourth-order valence-electron chi connectivity index (χ4n) is 1.91. The summed E-state index contributed by atoms with van der Waals surface area (Å²) in [6, 6.07) is 13.0. The van der Waals surface area contributed by atoms with Gasteiger partial charge in [0.05, 0.1) is 10.3 Å². The molecule has 1 aromatic carbocycles. The first-order chi connectivity index (χ1) is 9.69. The van der Waals surface area contributed by atoms with Crippen molar-refractivity contribution in [1.29, 1.82) is 0 Å². The Labute approximate surface area is 129 Å². The molecule has 108 valence electrons. The van der Waals surface area contributed by atoms with Crippen molar-refractivity contribution in [3.8, 4) is 5.75 Å². The fourth-order valence-corrected chi connectivity index (χ4v) is 3.86. The van der Waals surface area contributed by atoms with Crippen LogP contribution in [0, 0.1) is 0 Å². The first-order valence-corrected chi connectivity index (χ1v) is 8.65. The molecule has 0 spiro atoms.